The van der Waals surface area contributed by atoms with E-state index in [2.05, 4.69) is 17.1 Å². The van der Waals surface area contributed by atoms with Crippen molar-refractivity contribution in [2.24, 2.45) is 5.92 Å². The van der Waals surface area contributed by atoms with E-state index in [1.165, 1.54) is 5.56 Å². The summed E-state index contributed by atoms with van der Waals surface area (Å²) in [5, 5.41) is 0. The lowest BCUT2D eigenvalue weighted by molar-refractivity contribution is -0.136. The van der Waals surface area contributed by atoms with Crippen LogP contribution in [0.4, 0.5) is 0 Å². The Morgan fingerprint density at radius 1 is 1.29 bits per heavy atom. The smallest absolute Gasteiger partial charge is 0.227 e. The predicted octanol–water partition coefficient (Wildman–Crippen LogP) is 1.28. The van der Waals surface area contributed by atoms with Gasteiger partial charge in [-0.15, -0.1) is 0 Å². The van der Waals surface area contributed by atoms with E-state index in [-0.39, 0.29) is 17.7 Å². The molecule has 130 valence electrons. The van der Waals surface area contributed by atoms with Crippen molar-refractivity contribution in [2.75, 3.05) is 39.9 Å². The molecule has 2 aliphatic rings. The van der Waals surface area contributed by atoms with Crippen LogP contribution in [0.1, 0.15) is 30.7 Å². The van der Waals surface area contributed by atoms with E-state index >= 15 is 0 Å². The summed E-state index contributed by atoms with van der Waals surface area (Å²) < 4.78 is 5.02. The summed E-state index contributed by atoms with van der Waals surface area (Å²) in [6.45, 7) is 3.17. The second-order valence-electron chi connectivity index (χ2n) is 6.61. The van der Waals surface area contributed by atoms with Crippen molar-refractivity contribution in [1.82, 2.24) is 14.8 Å². The molecule has 1 aromatic rings. The summed E-state index contributed by atoms with van der Waals surface area (Å²) in [6, 6.07) is 4.12. The Morgan fingerprint density at radius 3 is 2.67 bits per heavy atom. The molecule has 0 bridgehead atoms. The molecule has 2 aliphatic heterocycles. The van der Waals surface area contributed by atoms with Crippen LogP contribution in [0.5, 0.6) is 0 Å². The third kappa shape index (κ3) is 3.75. The zero-order valence-electron chi connectivity index (χ0n) is 14.2. The highest BCUT2D eigenvalue weighted by Crippen LogP contribution is 2.29. The number of piperidine rings is 1. The number of aromatic nitrogens is 1. The third-order valence-electron chi connectivity index (χ3n) is 5.11. The molecule has 3 rings (SSSR count). The average molecular weight is 331 g/mol. The summed E-state index contributed by atoms with van der Waals surface area (Å²) in [6.07, 6.45) is 5.94. The predicted molar refractivity (Wildman–Crippen MR) is 89.4 cm³/mol. The Labute approximate surface area is 142 Å². The van der Waals surface area contributed by atoms with Crippen LogP contribution in [0.15, 0.2) is 24.5 Å². The molecule has 1 atom stereocenters. The number of methoxy groups -OCH3 is 1. The molecule has 0 N–H and O–H groups in total. The number of carbonyl (C=O) groups is 2. The minimum absolute atomic E-state index is 0.0667. The zero-order chi connectivity index (χ0) is 16.9. The molecule has 0 saturated carbocycles. The number of likely N-dealkylation sites (tertiary alicyclic amines) is 2. The lowest BCUT2D eigenvalue weighted by Gasteiger charge is -2.33. The molecule has 0 unspecified atom stereocenters. The van der Waals surface area contributed by atoms with E-state index in [0.717, 1.165) is 25.9 Å². The Balaban J connectivity index is 1.51. The van der Waals surface area contributed by atoms with Gasteiger partial charge in [0.1, 0.15) is 0 Å². The van der Waals surface area contributed by atoms with Gasteiger partial charge in [-0.2, -0.15) is 0 Å². The molecule has 3 heterocycles. The molecule has 2 amide bonds. The molecule has 1 aromatic heterocycles. The van der Waals surface area contributed by atoms with Crippen LogP contribution in [-0.4, -0.2) is 66.5 Å². The normalized spacial score (nSPS) is 22.2. The number of rotatable bonds is 5. The van der Waals surface area contributed by atoms with Crippen LogP contribution >= 0.6 is 0 Å². The highest BCUT2D eigenvalue weighted by Gasteiger charge is 2.37. The minimum atomic E-state index is -0.188. The summed E-state index contributed by atoms with van der Waals surface area (Å²) in [4.78, 5) is 32.5. The zero-order valence-corrected chi connectivity index (χ0v) is 14.2. The first-order valence-corrected chi connectivity index (χ1v) is 8.64. The van der Waals surface area contributed by atoms with Gasteiger partial charge in [-0.05, 0) is 36.5 Å². The molecule has 24 heavy (non-hydrogen) atoms. The summed E-state index contributed by atoms with van der Waals surface area (Å²) in [5.74, 6) is 0.515. The van der Waals surface area contributed by atoms with Crippen molar-refractivity contribution < 1.29 is 14.3 Å². The first-order chi connectivity index (χ1) is 11.7. The van der Waals surface area contributed by atoms with Crippen LogP contribution in [0.25, 0.3) is 0 Å². The van der Waals surface area contributed by atoms with E-state index in [9.17, 15) is 9.59 Å². The number of ether oxygens (including phenoxy) is 1. The van der Waals surface area contributed by atoms with Gasteiger partial charge in [0.2, 0.25) is 11.8 Å². The average Bonchev–Trinajstić information content (AvgIpc) is 3.01. The Kier molecular flexibility index (Phi) is 5.45. The van der Waals surface area contributed by atoms with Gasteiger partial charge in [0.15, 0.2) is 0 Å². The quantitative estimate of drug-likeness (QED) is 0.815. The maximum Gasteiger partial charge on any atom is 0.227 e. The maximum atomic E-state index is 12.7. The summed E-state index contributed by atoms with van der Waals surface area (Å²) in [5.41, 5.74) is 1.30. The van der Waals surface area contributed by atoms with Crippen molar-refractivity contribution in [1.29, 1.82) is 0 Å². The SMILES string of the molecule is COCCN1C[C@H](C(=O)N2CCC(c3ccncc3)CC2)CC1=O. The molecule has 0 radical (unpaired) electrons. The highest BCUT2D eigenvalue weighted by atomic mass is 16.5. The number of pyridine rings is 1. The van der Waals surface area contributed by atoms with Gasteiger partial charge >= 0.3 is 0 Å². The van der Waals surface area contributed by atoms with Crippen molar-refractivity contribution in [3.8, 4) is 0 Å². The van der Waals surface area contributed by atoms with E-state index in [1.54, 1.807) is 12.0 Å². The lowest BCUT2D eigenvalue weighted by Crippen LogP contribution is -2.42. The largest absolute Gasteiger partial charge is 0.383 e. The third-order valence-corrected chi connectivity index (χ3v) is 5.11. The van der Waals surface area contributed by atoms with E-state index < -0.39 is 0 Å². The second-order valence-corrected chi connectivity index (χ2v) is 6.61. The molecular formula is C18H25N3O3. The highest BCUT2D eigenvalue weighted by molar-refractivity contribution is 5.89. The van der Waals surface area contributed by atoms with Gasteiger partial charge < -0.3 is 14.5 Å². The lowest BCUT2D eigenvalue weighted by atomic mass is 9.89. The van der Waals surface area contributed by atoms with Gasteiger partial charge in [-0.3, -0.25) is 14.6 Å². The van der Waals surface area contributed by atoms with Crippen LogP contribution < -0.4 is 0 Å². The Hall–Kier alpha value is -1.95. The maximum absolute atomic E-state index is 12.7. The molecule has 2 fully saturated rings. The van der Waals surface area contributed by atoms with E-state index in [0.29, 0.717) is 32.0 Å². The summed E-state index contributed by atoms with van der Waals surface area (Å²) in [7, 11) is 1.62. The summed E-state index contributed by atoms with van der Waals surface area (Å²) >= 11 is 0. The van der Waals surface area contributed by atoms with Gasteiger partial charge in [-0.1, -0.05) is 0 Å². The number of hydrogen-bond donors (Lipinski definition) is 0. The molecule has 0 spiro atoms. The van der Waals surface area contributed by atoms with Crippen molar-refractivity contribution in [3.05, 3.63) is 30.1 Å². The molecule has 6 heteroatoms. The molecule has 0 aromatic carbocycles. The topological polar surface area (TPSA) is 62.7 Å². The molecule has 6 nitrogen and oxygen atoms in total. The fourth-order valence-corrected chi connectivity index (χ4v) is 3.68. The fraction of sp³-hybridized carbons (Fsp3) is 0.611. The number of nitrogens with zero attached hydrogens (tertiary/aromatic N) is 3. The fourth-order valence-electron chi connectivity index (χ4n) is 3.68. The van der Waals surface area contributed by atoms with Gasteiger partial charge in [0.25, 0.3) is 0 Å². The number of carbonyl (C=O) groups excluding carboxylic acids is 2. The Morgan fingerprint density at radius 2 is 2.00 bits per heavy atom. The number of amides is 2. The molecule has 2 saturated heterocycles. The minimum Gasteiger partial charge on any atom is -0.383 e. The van der Waals surface area contributed by atoms with Crippen LogP contribution in [0.3, 0.4) is 0 Å². The van der Waals surface area contributed by atoms with Crippen LogP contribution in [-0.2, 0) is 14.3 Å². The first kappa shape index (κ1) is 16.9. The van der Waals surface area contributed by atoms with Crippen molar-refractivity contribution in [2.45, 2.75) is 25.2 Å². The molecular weight excluding hydrogens is 306 g/mol. The Bertz CT molecular complexity index is 570. The van der Waals surface area contributed by atoms with Crippen molar-refractivity contribution in [3.63, 3.8) is 0 Å². The van der Waals surface area contributed by atoms with Crippen LogP contribution in [0, 0.1) is 5.92 Å². The van der Waals surface area contributed by atoms with Gasteiger partial charge in [0.05, 0.1) is 12.5 Å². The first-order valence-electron chi connectivity index (χ1n) is 8.64. The van der Waals surface area contributed by atoms with E-state index in [1.807, 2.05) is 17.3 Å². The molecule has 0 aliphatic carbocycles. The monoisotopic (exact) mass is 331 g/mol. The van der Waals surface area contributed by atoms with E-state index in [4.69, 9.17) is 4.74 Å². The van der Waals surface area contributed by atoms with Crippen molar-refractivity contribution >= 4 is 11.8 Å². The van der Waals surface area contributed by atoms with Gasteiger partial charge in [-0.25, -0.2) is 0 Å². The standard InChI is InChI=1S/C18H25N3O3/c1-24-11-10-21-13-16(12-17(21)22)18(23)20-8-4-15(5-9-20)14-2-6-19-7-3-14/h2-3,6-7,15-16H,4-5,8-13H2,1H3/t16-/m1/s1. The second kappa shape index (κ2) is 7.75. The van der Waals surface area contributed by atoms with Crippen LogP contribution in [0.2, 0.25) is 0 Å². The van der Waals surface area contributed by atoms with Gasteiger partial charge in [0, 0.05) is 52.1 Å². The number of hydrogen-bond acceptors (Lipinski definition) is 4.